The van der Waals surface area contributed by atoms with Gasteiger partial charge in [0.1, 0.15) is 4.90 Å². The van der Waals surface area contributed by atoms with Gasteiger partial charge in [0.15, 0.2) is 22.6 Å². The Kier molecular flexibility index (Phi) is 6.24. The Morgan fingerprint density at radius 3 is 2.52 bits per heavy atom. The van der Waals surface area contributed by atoms with E-state index in [0.717, 1.165) is 29.8 Å². The largest absolute Gasteiger partial charge is 0.376 e. The first-order valence-electron chi connectivity index (χ1n) is 8.58. The van der Waals surface area contributed by atoms with E-state index in [2.05, 4.69) is 5.32 Å². The smallest absolute Gasteiger partial charge is 0.246 e. The highest BCUT2D eigenvalue weighted by Gasteiger charge is 2.33. The zero-order chi connectivity index (χ0) is 19.6. The molecule has 0 spiro atoms. The van der Waals surface area contributed by atoms with Crippen molar-refractivity contribution in [3.8, 4) is 0 Å². The van der Waals surface area contributed by atoms with Crippen LogP contribution in [0.15, 0.2) is 17.0 Å². The fraction of sp³-hybridized carbons (Fsp3) is 0.562. The summed E-state index contributed by atoms with van der Waals surface area (Å²) in [6.07, 6.45) is 2.12. The molecule has 1 aromatic carbocycles. The molecule has 0 aromatic heterocycles. The molecule has 0 radical (unpaired) electrons. The van der Waals surface area contributed by atoms with Crippen molar-refractivity contribution in [2.24, 2.45) is 0 Å². The van der Waals surface area contributed by atoms with Crippen LogP contribution in [0.2, 0.25) is 0 Å². The minimum Gasteiger partial charge on any atom is -0.376 e. The molecule has 11 heteroatoms. The van der Waals surface area contributed by atoms with E-state index < -0.39 is 32.4 Å². The number of benzene rings is 1. The van der Waals surface area contributed by atoms with E-state index in [9.17, 15) is 21.6 Å². The van der Waals surface area contributed by atoms with E-state index in [0.29, 0.717) is 30.8 Å². The van der Waals surface area contributed by atoms with Crippen molar-refractivity contribution >= 4 is 27.4 Å². The van der Waals surface area contributed by atoms with Gasteiger partial charge >= 0.3 is 0 Å². The molecule has 27 heavy (non-hydrogen) atoms. The number of hydrogen-bond donors (Lipinski definition) is 1. The van der Waals surface area contributed by atoms with Crippen LogP contribution in [0.5, 0.6) is 0 Å². The van der Waals surface area contributed by atoms with Crippen LogP contribution in [0.1, 0.15) is 12.8 Å². The molecular weight excluding hydrogens is 403 g/mol. The van der Waals surface area contributed by atoms with Crippen molar-refractivity contribution in [1.29, 1.82) is 0 Å². The quantitative estimate of drug-likeness (QED) is 0.585. The Morgan fingerprint density at radius 1 is 1.19 bits per heavy atom. The predicted molar refractivity (Wildman–Crippen MR) is 96.2 cm³/mol. The lowest BCUT2D eigenvalue weighted by Gasteiger charge is -2.35. The number of thiocarbonyl (C=S) groups is 1. The van der Waals surface area contributed by atoms with Crippen LogP contribution in [0.25, 0.3) is 0 Å². The van der Waals surface area contributed by atoms with Crippen LogP contribution in [0, 0.1) is 17.5 Å². The van der Waals surface area contributed by atoms with Crippen molar-refractivity contribution in [2.75, 3.05) is 39.3 Å². The highest BCUT2D eigenvalue weighted by molar-refractivity contribution is 7.89. The first kappa shape index (κ1) is 20.3. The second-order valence-electron chi connectivity index (χ2n) is 6.39. The number of sulfonamides is 1. The van der Waals surface area contributed by atoms with Crippen molar-refractivity contribution in [1.82, 2.24) is 14.5 Å². The molecule has 2 aliphatic heterocycles. The van der Waals surface area contributed by atoms with Crippen molar-refractivity contribution < 1.29 is 26.3 Å². The summed E-state index contributed by atoms with van der Waals surface area (Å²) in [5.41, 5.74) is 0. The monoisotopic (exact) mass is 423 g/mol. The average molecular weight is 423 g/mol. The van der Waals surface area contributed by atoms with Gasteiger partial charge in [0, 0.05) is 39.3 Å². The summed E-state index contributed by atoms with van der Waals surface area (Å²) >= 11 is 5.33. The molecule has 3 rings (SSSR count). The molecule has 2 saturated heterocycles. The zero-order valence-electron chi connectivity index (χ0n) is 14.5. The minimum absolute atomic E-state index is 0.0581. The third-order valence-electron chi connectivity index (χ3n) is 4.65. The van der Waals surface area contributed by atoms with E-state index >= 15 is 0 Å². The average Bonchev–Trinajstić information content (AvgIpc) is 3.17. The Labute approximate surface area is 161 Å². The normalized spacial score (nSPS) is 21.4. The number of nitrogens with one attached hydrogen (secondary N) is 1. The van der Waals surface area contributed by atoms with Crippen LogP contribution < -0.4 is 5.32 Å². The molecule has 150 valence electrons. The number of rotatable bonds is 4. The maximum Gasteiger partial charge on any atom is 0.246 e. The molecule has 0 amide bonds. The number of piperazine rings is 1. The van der Waals surface area contributed by atoms with Gasteiger partial charge in [0.25, 0.3) is 0 Å². The summed E-state index contributed by atoms with van der Waals surface area (Å²) in [7, 11) is -4.27. The zero-order valence-corrected chi connectivity index (χ0v) is 16.1. The second kappa shape index (κ2) is 8.29. The summed E-state index contributed by atoms with van der Waals surface area (Å²) in [6.45, 7) is 2.07. The fourth-order valence-corrected chi connectivity index (χ4v) is 4.84. The lowest BCUT2D eigenvalue weighted by molar-refractivity contribution is 0.113. The van der Waals surface area contributed by atoms with Gasteiger partial charge in [-0.15, -0.1) is 0 Å². The Morgan fingerprint density at radius 2 is 1.89 bits per heavy atom. The number of halogens is 3. The van der Waals surface area contributed by atoms with Gasteiger partial charge in [-0.2, -0.15) is 4.31 Å². The van der Waals surface area contributed by atoms with Crippen LogP contribution >= 0.6 is 12.2 Å². The summed E-state index contributed by atoms with van der Waals surface area (Å²) < 4.78 is 72.0. The highest BCUT2D eigenvalue weighted by atomic mass is 32.2. The van der Waals surface area contributed by atoms with Gasteiger partial charge in [0.05, 0.1) is 6.10 Å². The maximum atomic E-state index is 13.9. The number of nitrogens with zero attached hydrogens (tertiary/aromatic N) is 2. The molecule has 1 unspecified atom stereocenters. The third-order valence-corrected chi connectivity index (χ3v) is 6.97. The van der Waals surface area contributed by atoms with E-state index in [-0.39, 0.29) is 19.2 Å². The molecule has 0 saturated carbocycles. The molecular formula is C16H20F3N3O3S2. The van der Waals surface area contributed by atoms with Crippen LogP contribution in [-0.4, -0.2) is 68.2 Å². The molecule has 2 heterocycles. The molecule has 1 aromatic rings. The highest BCUT2D eigenvalue weighted by Crippen LogP contribution is 2.24. The van der Waals surface area contributed by atoms with Crippen LogP contribution in [0.3, 0.4) is 0 Å². The fourth-order valence-electron chi connectivity index (χ4n) is 3.10. The number of ether oxygens (including phenoxy) is 1. The van der Waals surface area contributed by atoms with Crippen LogP contribution in [0.4, 0.5) is 13.2 Å². The standard InChI is InChI=1S/C16H20F3N3O3S2/c17-12-3-4-13(15(19)14(12)18)27(23,24)22-7-5-21(6-8-22)16(26)20-10-11-2-1-9-25-11/h3-4,11H,1-2,5-10H2,(H,20,26). The van der Waals surface area contributed by atoms with Gasteiger partial charge in [-0.05, 0) is 37.2 Å². The van der Waals surface area contributed by atoms with Gasteiger partial charge in [-0.3, -0.25) is 0 Å². The molecule has 1 atom stereocenters. The van der Waals surface area contributed by atoms with Gasteiger partial charge in [0.2, 0.25) is 10.0 Å². The SMILES string of the molecule is O=S(=O)(c1ccc(F)c(F)c1F)N1CCN(C(=S)NCC2CCCO2)CC1. The lowest BCUT2D eigenvalue weighted by Crippen LogP contribution is -2.53. The van der Waals surface area contributed by atoms with E-state index in [4.69, 9.17) is 17.0 Å². The summed E-state index contributed by atoms with van der Waals surface area (Å²) in [4.78, 5) is 0.951. The molecule has 1 N–H and O–H groups in total. The van der Waals surface area contributed by atoms with Crippen LogP contribution in [-0.2, 0) is 14.8 Å². The number of hydrogen-bond acceptors (Lipinski definition) is 4. The van der Waals surface area contributed by atoms with Gasteiger partial charge in [-0.25, -0.2) is 21.6 Å². The molecule has 2 aliphatic rings. The summed E-state index contributed by atoms with van der Waals surface area (Å²) in [5.74, 6) is -4.93. The van der Waals surface area contributed by atoms with Crippen molar-refractivity contribution in [2.45, 2.75) is 23.8 Å². The van der Waals surface area contributed by atoms with E-state index in [1.807, 2.05) is 4.90 Å². The van der Waals surface area contributed by atoms with E-state index in [1.54, 1.807) is 0 Å². The Bertz CT molecular complexity index is 809. The topological polar surface area (TPSA) is 61.9 Å². The van der Waals surface area contributed by atoms with Crippen molar-refractivity contribution in [3.63, 3.8) is 0 Å². The van der Waals surface area contributed by atoms with E-state index in [1.165, 1.54) is 0 Å². The maximum absolute atomic E-state index is 13.9. The minimum atomic E-state index is -4.27. The Balaban J connectivity index is 1.59. The first-order valence-corrected chi connectivity index (χ1v) is 10.4. The lowest BCUT2D eigenvalue weighted by atomic mass is 10.2. The predicted octanol–water partition coefficient (Wildman–Crippen LogP) is 1.46. The Hall–Kier alpha value is -1.43. The molecule has 2 fully saturated rings. The summed E-state index contributed by atoms with van der Waals surface area (Å²) in [5, 5.41) is 3.62. The molecule has 6 nitrogen and oxygen atoms in total. The molecule has 0 aliphatic carbocycles. The first-order chi connectivity index (χ1) is 12.8. The van der Waals surface area contributed by atoms with Gasteiger partial charge < -0.3 is 15.0 Å². The summed E-state index contributed by atoms with van der Waals surface area (Å²) in [6, 6.07) is 1.34. The molecule has 0 bridgehead atoms. The van der Waals surface area contributed by atoms with Gasteiger partial charge in [-0.1, -0.05) is 0 Å². The third kappa shape index (κ3) is 4.36. The second-order valence-corrected chi connectivity index (χ2v) is 8.68. The van der Waals surface area contributed by atoms with Crippen molar-refractivity contribution in [3.05, 3.63) is 29.6 Å².